The molecule has 1 aromatic rings. The number of halogens is 3. The highest BCUT2D eigenvalue weighted by Crippen LogP contribution is 2.27. The van der Waals surface area contributed by atoms with Crippen LogP contribution in [0, 0.1) is 11.7 Å². The van der Waals surface area contributed by atoms with Crippen LogP contribution >= 0.6 is 24.8 Å². The summed E-state index contributed by atoms with van der Waals surface area (Å²) in [6, 6.07) is 1.39. The molecule has 6 nitrogen and oxygen atoms in total. The van der Waals surface area contributed by atoms with Crippen LogP contribution in [-0.2, 0) is 0 Å². The number of hydrogen-bond acceptors (Lipinski definition) is 4. The zero-order chi connectivity index (χ0) is 19.3. The maximum absolute atomic E-state index is 13.2. The number of carbonyl (C=O) groups is 1. The van der Waals surface area contributed by atoms with Gasteiger partial charge in [-0.2, -0.15) is 0 Å². The summed E-state index contributed by atoms with van der Waals surface area (Å²) in [5.41, 5.74) is 0.323. The summed E-state index contributed by atoms with van der Waals surface area (Å²) in [6.45, 7) is 6.14. The van der Waals surface area contributed by atoms with Gasteiger partial charge in [-0.1, -0.05) is 0 Å². The van der Waals surface area contributed by atoms with Crippen LogP contribution < -0.4 is 5.32 Å². The molecular weight excluding hydrogens is 406 g/mol. The minimum Gasteiger partial charge on any atom is -0.387 e. The van der Waals surface area contributed by atoms with Crippen molar-refractivity contribution in [1.82, 2.24) is 20.1 Å². The van der Waals surface area contributed by atoms with Gasteiger partial charge >= 0.3 is 6.03 Å². The molecule has 1 aromatic heterocycles. The molecule has 1 aliphatic rings. The maximum atomic E-state index is 13.2. The normalized spacial score (nSPS) is 16.0. The third kappa shape index (κ3) is 8.07. The van der Waals surface area contributed by atoms with Gasteiger partial charge in [-0.15, -0.1) is 24.8 Å². The van der Waals surface area contributed by atoms with E-state index in [0.717, 1.165) is 38.5 Å². The Balaban J connectivity index is 0.00000364. The molecule has 0 radical (unpaired) electrons. The quantitative estimate of drug-likeness (QED) is 0.714. The number of rotatable bonds is 6. The highest BCUT2D eigenvalue weighted by atomic mass is 35.5. The van der Waals surface area contributed by atoms with Crippen LogP contribution in [0.15, 0.2) is 18.5 Å². The standard InChI is InChI=1S/C19H31FN4O2.2ClH/c1-19(2,22-13-17(25)15-9-16(20)12-21-11-15)10-14-5-7-24(8-6-14)18(26)23(3)4;;/h9,11-12,14,17,22,25H,5-8,10,13H2,1-4H3;2*1H/t17-;;/m0../s1. The molecule has 2 rings (SSSR count). The lowest BCUT2D eigenvalue weighted by molar-refractivity contribution is 0.128. The number of nitrogens with zero attached hydrogens (tertiary/aromatic N) is 3. The first-order valence-corrected chi connectivity index (χ1v) is 9.18. The molecule has 0 unspecified atom stereocenters. The first-order chi connectivity index (χ1) is 12.2. The first-order valence-electron chi connectivity index (χ1n) is 9.18. The number of aliphatic hydroxyl groups excluding tert-OH is 1. The molecule has 2 N–H and O–H groups in total. The Morgan fingerprint density at radius 2 is 1.96 bits per heavy atom. The predicted octanol–water partition coefficient (Wildman–Crippen LogP) is 3.25. The minimum absolute atomic E-state index is 0. The van der Waals surface area contributed by atoms with Gasteiger partial charge in [0.15, 0.2) is 0 Å². The number of pyridine rings is 1. The van der Waals surface area contributed by atoms with Crippen LogP contribution in [0.1, 0.15) is 44.8 Å². The van der Waals surface area contributed by atoms with Crippen molar-refractivity contribution < 1.29 is 14.3 Å². The Kier molecular flexibility index (Phi) is 11.3. The van der Waals surface area contributed by atoms with Gasteiger partial charge in [0.2, 0.25) is 0 Å². The lowest BCUT2D eigenvalue weighted by Crippen LogP contribution is -2.47. The fourth-order valence-electron chi connectivity index (χ4n) is 3.51. The van der Waals surface area contributed by atoms with E-state index in [2.05, 4.69) is 24.1 Å². The van der Waals surface area contributed by atoms with E-state index in [4.69, 9.17) is 0 Å². The van der Waals surface area contributed by atoms with E-state index in [1.165, 1.54) is 12.3 Å². The molecule has 0 saturated carbocycles. The highest BCUT2D eigenvalue weighted by Gasteiger charge is 2.29. The molecule has 0 spiro atoms. The van der Waals surface area contributed by atoms with Crippen molar-refractivity contribution >= 4 is 30.8 Å². The topological polar surface area (TPSA) is 68.7 Å². The largest absolute Gasteiger partial charge is 0.387 e. The summed E-state index contributed by atoms with van der Waals surface area (Å²) >= 11 is 0. The maximum Gasteiger partial charge on any atom is 0.319 e. The monoisotopic (exact) mass is 438 g/mol. The zero-order valence-electron chi connectivity index (χ0n) is 17.0. The number of β-amino-alcohol motifs (C(OH)–C–C–N with tert-alkyl or cyclic N) is 1. The van der Waals surface area contributed by atoms with Gasteiger partial charge in [0.25, 0.3) is 0 Å². The van der Waals surface area contributed by atoms with Crippen LogP contribution in [0.3, 0.4) is 0 Å². The fraction of sp³-hybridized carbons (Fsp3) is 0.684. The average Bonchev–Trinajstić information content (AvgIpc) is 2.59. The molecule has 0 aromatic carbocycles. The van der Waals surface area contributed by atoms with E-state index in [9.17, 15) is 14.3 Å². The van der Waals surface area contributed by atoms with Gasteiger partial charge in [-0.3, -0.25) is 4.98 Å². The number of urea groups is 1. The van der Waals surface area contributed by atoms with Crippen molar-refractivity contribution in [2.24, 2.45) is 5.92 Å². The van der Waals surface area contributed by atoms with E-state index < -0.39 is 11.9 Å². The van der Waals surface area contributed by atoms with Crippen molar-refractivity contribution in [1.29, 1.82) is 0 Å². The molecule has 162 valence electrons. The van der Waals surface area contributed by atoms with E-state index >= 15 is 0 Å². The Bertz CT molecular complexity index is 611. The van der Waals surface area contributed by atoms with E-state index in [-0.39, 0.29) is 36.4 Å². The van der Waals surface area contributed by atoms with Crippen LogP contribution in [-0.4, -0.2) is 65.2 Å². The molecule has 1 fully saturated rings. The van der Waals surface area contributed by atoms with Crippen LogP contribution in [0.5, 0.6) is 0 Å². The third-order valence-corrected chi connectivity index (χ3v) is 4.95. The summed E-state index contributed by atoms with van der Waals surface area (Å²) in [7, 11) is 3.56. The second kappa shape index (κ2) is 11.8. The summed E-state index contributed by atoms with van der Waals surface area (Å²) < 4.78 is 13.2. The number of nitrogens with one attached hydrogen (secondary N) is 1. The molecule has 2 heterocycles. The Labute approximate surface area is 179 Å². The number of aliphatic hydroxyl groups is 1. The zero-order valence-corrected chi connectivity index (χ0v) is 18.7. The first kappa shape index (κ1) is 26.9. The van der Waals surface area contributed by atoms with Crippen LogP contribution in [0.2, 0.25) is 0 Å². The highest BCUT2D eigenvalue weighted by molar-refractivity contribution is 5.85. The van der Waals surface area contributed by atoms with Gasteiger partial charge < -0.3 is 20.2 Å². The molecule has 1 aliphatic heterocycles. The van der Waals surface area contributed by atoms with Gasteiger partial charge in [0.1, 0.15) is 5.82 Å². The molecule has 1 atom stereocenters. The van der Waals surface area contributed by atoms with Crippen LogP contribution in [0.25, 0.3) is 0 Å². The van der Waals surface area contributed by atoms with Crippen LogP contribution in [0.4, 0.5) is 9.18 Å². The van der Waals surface area contributed by atoms with Gasteiger partial charge in [-0.05, 0) is 45.1 Å². The molecule has 1 saturated heterocycles. The molecule has 0 bridgehead atoms. The molecule has 28 heavy (non-hydrogen) atoms. The minimum atomic E-state index is -0.794. The molecule has 2 amide bonds. The second-order valence-corrected chi connectivity index (χ2v) is 8.03. The summed E-state index contributed by atoms with van der Waals surface area (Å²) in [4.78, 5) is 19.3. The smallest absolute Gasteiger partial charge is 0.319 e. The Morgan fingerprint density at radius 1 is 1.36 bits per heavy atom. The number of likely N-dealkylation sites (tertiary alicyclic amines) is 1. The van der Waals surface area contributed by atoms with Gasteiger partial charge in [0, 0.05) is 51.0 Å². The Morgan fingerprint density at radius 3 is 2.50 bits per heavy atom. The number of aromatic nitrogens is 1. The average molecular weight is 439 g/mol. The summed E-state index contributed by atoms with van der Waals surface area (Å²) in [5, 5.41) is 13.6. The molecular formula is C19H33Cl2FN4O2. The van der Waals surface area contributed by atoms with Crippen molar-refractivity contribution in [2.75, 3.05) is 33.7 Å². The van der Waals surface area contributed by atoms with Crippen molar-refractivity contribution in [3.05, 3.63) is 29.8 Å². The fourth-order valence-corrected chi connectivity index (χ4v) is 3.51. The summed E-state index contributed by atoms with van der Waals surface area (Å²) in [5.74, 6) is 0.0940. The molecule has 9 heteroatoms. The lowest BCUT2D eigenvalue weighted by atomic mass is 9.84. The van der Waals surface area contributed by atoms with Crippen molar-refractivity contribution in [3.8, 4) is 0 Å². The van der Waals surface area contributed by atoms with E-state index in [1.807, 2.05) is 4.90 Å². The van der Waals surface area contributed by atoms with Crippen molar-refractivity contribution in [3.63, 3.8) is 0 Å². The predicted molar refractivity (Wildman–Crippen MR) is 114 cm³/mol. The third-order valence-electron chi connectivity index (χ3n) is 4.95. The number of hydrogen-bond donors (Lipinski definition) is 2. The number of amides is 2. The van der Waals surface area contributed by atoms with E-state index in [1.54, 1.807) is 19.0 Å². The van der Waals surface area contributed by atoms with E-state index in [0.29, 0.717) is 18.0 Å². The summed E-state index contributed by atoms with van der Waals surface area (Å²) in [6.07, 6.45) is 4.76. The Hall–Kier alpha value is -1.15. The van der Waals surface area contributed by atoms with Crippen molar-refractivity contribution in [2.45, 2.75) is 44.8 Å². The second-order valence-electron chi connectivity index (χ2n) is 8.03. The molecule has 0 aliphatic carbocycles. The SMILES string of the molecule is CN(C)C(=O)N1CCC(CC(C)(C)NC[C@H](O)c2cncc(F)c2)CC1.Cl.Cl. The lowest BCUT2D eigenvalue weighted by Gasteiger charge is -2.37. The number of piperidine rings is 1. The van der Waals surface area contributed by atoms with Gasteiger partial charge in [-0.25, -0.2) is 9.18 Å². The number of carbonyl (C=O) groups excluding carboxylic acids is 1. The van der Waals surface area contributed by atoms with Gasteiger partial charge in [0.05, 0.1) is 12.3 Å².